The molecule has 190 valence electrons. The van der Waals surface area contributed by atoms with Gasteiger partial charge in [0, 0.05) is 22.9 Å². The van der Waals surface area contributed by atoms with E-state index in [0.717, 1.165) is 53.0 Å². The Morgan fingerprint density at radius 3 is 2.58 bits per heavy atom. The molecule has 10 heteroatoms. The smallest absolute Gasteiger partial charge is 0.214 e. The Morgan fingerprint density at radius 1 is 0.972 bits per heavy atom. The second kappa shape index (κ2) is 14.7. The molecule has 0 aliphatic carbocycles. The van der Waals surface area contributed by atoms with Crippen LogP contribution in [0.2, 0.25) is 5.02 Å². The molecule has 0 fully saturated rings. The zero-order valence-corrected chi connectivity index (χ0v) is 22.4. The molecule has 1 aromatic heterocycles. The van der Waals surface area contributed by atoms with E-state index in [4.69, 9.17) is 21.1 Å². The van der Waals surface area contributed by atoms with Crippen LogP contribution in [-0.4, -0.2) is 39.1 Å². The molecule has 0 bridgehead atoms. The van der Waals surface area contributed by atoms with Crippen LogP contribution in [0.5, 0.6) is 11.5 Å². The minimum Gasteiger partial charge on any atom is -0.490 e. The van der Waals surface area contributed by atoms with Crippen molar-refractivity contribution in [3.8, 4) is 17.2 Å². The number of tetrazole rings is 1. The van der Waals surface area contributed by atoms with E-state index in [1.54, 1.807) is 16.4 Å². The first kappa shape index (κ1) is 27.8. The number of hydrogen-bond donors (Lipinski definition) is 1. The van der Waals surface area contributed by atoms with Gasteiger partial charge in [0.05, 0.1) is 12.3 Å². The van der Waals surface area contributed by atoms with Gasteiger partial charge in [-0.1, -0.05) is 65.8 Å². The van der Waals surface area contributed by atoms with Crippen LogP contribution in [0.4, 0.5) is 0 Å². The summed E-state index contributed by atoms with van der Waals surface area (Å²) < 4.78 is 13.6. The van der Waals surface area contributed by atoms with Gasteiger partial charge in [0.2, 0.25) is 5.16 Å². The van der Waals surface area contributed by atoms with Crippen molar-refractivity contribution < 1.29 is 9.47 Å². The SMILES string of the molecule is CCOc1cc(CNCCCSc2nnnn2-c2ccccc2)ccc1OCc1ccccc1Cl.Cl. The summed E-state index contributed by atoms with van der Waals surface area (Å²) in [6.07, 6.45) is 0.990. The summed E-state index contributed by atoms with van der Waals surface area (Å²) in [7, 11) is 0. The van der Waals surface area contributed by atoms with E-state index in [0.29, 0.717) is 24.0 Å². The lowest BCUT2D eigenvalue weighted by Crippen LogP contribution is -2.15. The van der Waals surface area contributed by atoms with E-state index in [1.807, 2.05) is 73.7 Å². The Balaban J connectivity index is 0.00000361. The molecule has 0 saturated heterocycles. The van der Waals surface area contributed by atoms with Gasteiger partial charge in [0.25, 0.3) is 0 Å². The molecule has 36 heavy (non-hydrogen) atoms. The van der Waals surface area contributed by atoms with Crippen LogP contribution in [-0.2, 0) is 13.2 Å². The number of halogens is 2. The van der Waals surface area contributed by atoms with Gasteiger partial charge in [-0.3, -0.25) is 0 Å². The van der Waals surface area contributed by atoms with Gasteiger partial charge < -0.3 is 14.8 Å². The summed E-state index contributed by atoms with van der Waals surface area (Å²) in [6, 6.07) is 23.6. The minimum atomic E-state index is 0. The highest BCUT2D eigenvalue weighted by molar-refractivity contribution is 7.99. The van der Waals surface area contributed by atoms with Crippen LogP contribution in [0.1, 0.15) is 24.5 Å². The molecule has 7 nitrogen and oxygen atoms in total. The van der Waals surface area contributed by atoms with E-state index < -0.39 is 0 Å². The summed E-state index contributed by atoms with van der Waals surface area (Å²) in [5.74, 6) is 2.37. The highest BCUT2D eigenvalue weighted by Gasteiger charge is 2.10. The predicted octanol–water partition coefficient (Wildman–Crippen LogP) is 5.99. The van der Waals surface area contributed by atoms with Crippen molar-refractivity contribution in [2.75, 3.05) is 18.9 Å². The monoisotopic (exact) mass is 545 g/mol. The predicted molar refractivity (Wildman–Crippen MR) is 147 cm³/mol. The van der Waals surface area contributed by atoms with E-state index >= 15 is 0 Å². The minimum absolute atomic E-state index is 0. The van der Waals surface area contributed by atoms with E-state index in [9.17, 15) is 0 Å². The number of aromatic nitrogens is 4. The number of nitrogens with one attached hydrogen (secondary N) is 1. The first-order valence-corrected chi connectivity index (χ1v) is 12.9. The second-order valence-electron chi connectivity index (χ2n) is 7.68. The van der Waals surface area contributed by atoms with E-state index in [2.05, 4.69) is 26.9 Å². The van der Waals surface area contributed by atoms with Crippen LogP contribution < -0.4 is 14.8 Å². The van der Waals surface area contributed by atoms with Gasteiger partial charge in [0.15, 0.2) is 11.5 Å². The fourth-order valence-corrected chi connectivity index (χ4v) is 4.43. The zero-order valence-electron chi connectivity index (χ0n) is 20.0. The second-order valence-corrected chi connectivity index (χ2v) is 9.15. The average molecular weight is 547 g/mol. The highest BCUT2D eigenvalue weighted by atomic mass is 35.5. The number of ether oxygens (including phenoxy) is 2. The molecule has 0 amide bonds. The number of benzene rings is 3. The fourth-order valence-electron chi connectivity index (χ4n) is 3.41. The standard InChI is InChI=1S/C26H28ClN5O2S.ClH/c1-2-33-25-17-20(13-14-24(25)34-19-21-9-6-7-12-23(21)27)18-28-15-8-16-35-26-29-30-31-32(26)22-10-4-3-5-11-22;/h3-7,9-14,17,28H,2,8,15-16,18-19H2,1H3;1H. The fraction of sp³-hybridized carbons (Fsp3) is 0.269. The van der Waals surface area contributed by atoms with Crippen molar-refractivity contribution in [3.05, 3.63) is 88.9 Å². The average Bonchev–Trinajstić information content (AvgIpc) is 3.36. The van der Waals surface area contributed by atoms with Gasteiger partial charge in [-0.15, -0.1) is 17.5 Å². The molecule has 4 aromatic rings. The lowest BCUT2D eigenvalue weighted by molar-refractivity contribution is 0.269. The van der Waals surface area contributed by atoms with Gasteiger partial charge in [-0.05, 0) is 66.2 Å². The molecule has 0 aliphatic heterocycles. The maximum absolute atomic E-state index is 6.24. The van der Waals surface area contributed by atoms with Crippen molar-refractivity contribution in [1.29, 1.82) is 0 Å². The third-order valence-corrected chi connectivity index (χ3v) is 6.52. The molecule has 0 spiro atoms. The Hall–Kier alpha value is -2.78. The molecule has 3 aromatic carbocycles. The maximum atomic E-state index is 6.24. The molecule has 0 radical (unpaired) electrons. The Labute approximate surface area is 226 Å². The van der Waals surface area contributed by atoms with Crippen molar-refractivity contribution in [2.45, 2.75) is 31.7 Å². The molecular formula is C26H29Cl2N5O2S. The van der Waals surface area contributed by atoms with E-state index in [-0.39, 0.29) is 12.4 Å². The molecule has 1 N–H and O–H groups in total. The first-order valence-electron chi connectivity index (χ1n) is 11.5. The largest absolute Gasteiger partial charge is 0.490 e. The Kier molecular flexibility index (Phi) is 11.4. The van der Waals surface area contributed by atoms with Crippen LogP contribution >= 0.6 is 35.8 Å². The Morgan fingerprint density at radius 2 is 1.78 bits per heavy atom. The van der Waals surface area contributed by atoms with Crippen molar-refractivity contribution in [2.24, 2.45) is 0 Å². The van der Waals surface area contributed by atoms with E-state index in [1.165, 1.54) is 0 Å². The molecule has 0 atom stereocenters. The van der Waals surface area contributed by atoms with Crippen molar-refractivity contribution in [3.63, 3.8) is 0 Å². The first-order chi connectivity index (χ1) is 17.2. The molecular weight excluding hydrogens is 517 g/mol. The highest BCUT2D eigenvalue weighted by Crippen LogP contribution is 2.30. The normalized spacial score (nSPS) is 10.6. The zero-order chi connectivity index (χ0) is 24.3. The van der Waals surface area contributed by atoms with Crippen molar-refractivity contribution >= 4 is 35.8 Å². The van der Waals surface area contributed by atoms with Crippen LogP contribution in [0.3, 0.4) is 0 Å². The number of rotatable bonds is 13. The summed E-state index contributed by atoms with van der Waals surface area (Å²) in [5.41, 5.74) is 3.04. The molecule has 4 rings (SSSR count). The molecule has 0 unspecified atom stereocenters. The van der Waals surface area contributed by atoms with Crippen molar-refractivity contribution in [1.82, 2.24) is 25.5 Å². The Bertz CT molecular complexity index is 1210. The van der Waals surface area contributed by atoms with Crippen LogP contribution in [0, 0.1) is 0 Å². The lowest BCUT2D eigenvalue weighted by Gasteiger charge is -2.14. The van der Waals surface area contributed by atoms with Gasteiger partial charge in [-0.25, -0.2) is 0 Å². The lowest BCUT2D eigenvalue weighted by atomic mass is 10.2. The molecule has 0 saturated carbocycles. The topological polar surface area (TPSA) is 74.1 Å². The molecule has 0 aliphatic rings. The van der Waals surface area contributed by atoms with Crippen LogP contribution in [0.25, 0.3) is 5.69 Å². The van der Waals surface area contributed by atoms with Gasteiger partial charge in [-0.2, -0.15) is 4.68 Å². The number of nitrogens with zero attached hydrogens (tertiary/aromatic N) is 4. The van der Waals surface area contributed by atoms with Crippen LogP contribution in [0.15, 0.2) is 78.0 Å². The van der Waals surface area contributed by atoms with Gasteiger partial charge in [0.1, 0.15) is 6.61 Å². The summed E-state index contributed by atoms with van der Waals surface area (Å²) >= 11 is 7.89. The number of hydrogen-bond acceptors (Lipinski definition) is 7. The third-order valence-electron chi connectivity index (χ3n) is 5.15. The third kappa shape index (κ3) is 7.86. The summed E-state index contributed by atoms with van der Waals surface area (Å²) in [5, 5.41) is 17.0. The number of para-hydroxylation sites is 1. The summed E-state index contributed by atoms with van der Waals surface area (Å²) in [4.78, 5) is 0. The van der Waals surface area contributed by atoms with Gasteiger partial charge >= 0.3 is 0 Å². The maximum Gasteiger partial charge on any atom is 0.214 e. The number of thioether (sulfide) groups is 1. The quantitative estimate of drug-likeness (QED) is 0.163. The molecule has 1 heterocycles. The summed E-state index contributed by atoms with van der Waals surface area (Å²) in [6.45, 7) is 4.56.